The number of ether oxygens (including phenoxy) is 1. The van der Waals surface area contributed by atoms with Gasteiger partial charge in [-0.05, 0) is 66.9 Å². The van der Waals surface area contributed by atoms with Crippen molar-refractivity contribution < 1.29 is 18.7 Å². The van der Waals surface area contributed by atoms with Crippen LogP contribution in [0.1, 0.15) is 19.8 Å². The lowest BCUT2D eigenvalue weighted by Crippen LogP contribution is -2.13. The topological polar surface area (TPSA) is 76.5 Å². The van der Waals surface area contributed by atoms with Crippen molar-refractivity contribution in [2.24, 2.45) is 5.92 Å². The molecule has 0 aliphatic heterocycles. The number of halogens is 1. The fourth-order valence-corrected chi connectivity index (χ4v) is 4.09. The van der Waals surface area contributed by atoms with Gasteiger partial charge in [-0.2, -0.15) is 9.78 Å². The number of nitrogens with zero attached hydrogens (tertiary/aromatic N) is 3. The average molecular weight is 499 g/mol. The molecule has 7 nitrogen and oxygen atoms in total. The van der Waals surface area contributed by atoms with E-state index >= 15 is 0 Å². The van der Waals surface area contributed by atoms with Gasteiger partial charge in [0.25, 0.3) is 0 Å². The van der Waals surface area contributed by atoms with E-state index in [0.29, 0.717) is 22.6 Å². The fourth-order valence-electron chi connectivity index (χ4n) is 4.09. The number of amides is 1. The Labute approximate surface area is 214 Å². The Kier molecular flexibility index (Phi) is 6.48. The number of rotatable bonds is 7. The third-order valence-corrected chi connectivity index (χ3v) is 6.18. The maximum absolute atomic E-state index is 13.7. The third-order valence-electron chi connectivity index (χ3n) is 6.18. The standard InChI is InChI=1S/C29H27FN4O3/c1-18(35)37-29-26(19-9-13-23(14-10-19)31-28(36)20-7-8-20)27(21-5-4-6-25(17-21)33(2)3)32-34(29)24-15-11-22(30)12-16-24/h4-6,9-17,20H,7-8H2,1-3H3,(H,31,36). The van der Waals surface area contributed by atoms with E-state index in [1.54, 1.807) is 12.1 Å². The van der Waals surface area contributed by atoms with Crippen LogP contribution < -0.4 is 15.0 Å². The van der Waals surface area contributed by atoms with E-state index in [-0.39, 0.29) is 23.5 Å². The first-order chi connectivity index (χ1) is 17.8. The Morgan fingerprint density at radius 3 is 2.32 bits per heavy atom. The molecule has 1 fully saturated rings. The number of anilines is 2. The highest BCUT2D eigenvalue weighted by Gasteiger charge is 2.30. The van der Waals surface area contributed by atoms with Gasteiger partial charge in [0.2, 0.25) is 11.8 Å². The fraction of sp³-hybridized carbons (Fsp3) is 0.207. The quantitative estimate of drug-likeness (QED) is 0.332. The van der Waals surface area contributed by atoms with E-state index in [9.17, 15) is 14.0 Å². The molecule has 0 unspecified atom stereocenters. The van der Waals surface area contributed by atoms with Gasteiger partial charge in [-0.15, -0.1) is 0 Å². The van der Waals surface area contributed by atoms with E-state index in [4.69, 9.17) is 9.84 Å². The van der Waals surface area contributed by atoms with Crippen molar-refractivity contribution in [2.45, 2.75) is 19.8 Å². The van der Waals surface area contributed by atoms with Gasteiger partial charge in [-0.3, -0.25) is 9.59 Å². The van der Waals surface area contributed by atoms with Gasteiger partial charge in [0.15, 0.2) is 0 Å². The van der Waals surface area contributed by atoms with Crippen molar-refractivity contribution in [3.05, 3.63) is 78.6 Å². The molecule has 1 aliphatic rings. The maximum Gasteiger partial charge on any atom is 0.309 e. The highest BCUT2D eigenvalue weighted by molar-refractivity contribution is 5.95. The molecule has 1 saturated carbocycles. The largest absolute Gasteiger partial charge is 0.407 e. The third kappa shape index (κ3) is 5.23. The molecule has 1 heterocycles. The number of carbonyl (C=O) groups is 2. The van der Waals surface area contributed by atoms with Crippen LogP contribution in [0.4, 0.5) is 15.8 Å². The zero-order valence-electron chi connectivity index (χ0n) is 20.9. The van der Waals surface area contributed by atoms with Gasteiger partial charge >= 0.3 is 5.97 Å². The predicted octanol–water partition coefficient (Wildman–Crippen LogP) is 5.69. The maximum atomic E-state index is 13.7. The summed E-state index contributed by atoms with van der Waals surface area (Å²) >= 11 is 0. The van der Waals surface area contributed by atoms with E-state index in [1.807, 2.05) is 67.5 Å². The Hall–Kier alpha value is -4.46. The van der Waals surface area contributed by atoms with Crippen LogP contribution in [-0.2, 0) is 9.59 Å². The summed E-state index contributed by atoms with van der Waals surface area (Å²) < 4.78 is 20.9. The Bertz CT molecular complexity index is 1460. The SMILES string of the molecule is CC(=O)Oc1c(-c2ccc(NC(=O)C3CC3)cc2)c(-c2cccc(N(C)C)c2)nn1-c1ccc(F)cc1. The Morgan fingerprint density at radius 1 is 1.00 bits per heavy atom. The number of benzene rings is 3. The number of hydrogen-bond acceptors (Lipinski definition) is 5. The Morgan fingerprint density at radius 2 is 1.70 bits per heavy atom. The van der Waals surface area contributed by atoms with Crippen LogP contribution in [0.3, 0.4) is 0 Å². The van der Waals surface area contributed by atoms with Crippen molar-refractivity contribution in [1.29, 1.82) is 0 Å². The molecule has 1 aliphatic carbocycles. The minimum absolute atomic E-state index is 0.0265. The molecule has 0 spiro atoms. The van der Waals surface area contributed by atoms with Crippen LogP contribution in [0.25, 0.3) is 28.1 Å². The Balaban J connectivity index is 1.68. The number of carbonyl (C=O) groups excluding carboxylic acids is 2. The second-order valence-corrected chi connectivity index (χ2v) is 9.30. The van der Waals surface area contributed by atoms with Gasteiger partial charge in [0.1, 0.15) is 11.5 Å². The summed E-state index contributed by atoms with van der Waals surface area (Å²) in [7, 11) is 3.91. The summed E-state index contributed by atoms with van der Waals surface area (Å²) in [5.41, 5.74) is 4.99. The first-order valence-electron chi connectivity index (χ1n) is 12.1. The molecule has 0 radical (unpaired) electrons. The van der Waals surface area contributed by atoms with Gasteiger partial charge in [-0.1, -0.05) is 24.3 Å². The predicted molar refractivity (Wildman–Crippen MR) is 141 cm³/mol. The second-order valence-electron chi connectivity index (χ2n) is 9.30. The van der Waals surface area contributed by atoms with Crippen LogP contribution in [0.2, 0.25) is 0 Å². The van der Waals surface area contributed by atoms with E-state index in [0.717, 1.165) is 29.7 Å². The molecule has 4 aromatic rings. The smallest absolute Gasteiger partial charge is 0.309 e. The summed E-state index contributed by atoms with van der Waals surface area (Å²) in [6.45, 7) is 1.33. The van der Waals surface area contributed by atoms with E-state index in [1.165, 1.54) is 23.7 Å². The zero-order valence-corrected chi connectivity index (χ0v) is 20.9. The normalized spacial score (nSPS) is 12.8. The lowest BCUT2D eigenvalue weighted by molar-refractivity contribution is -0.132. The van der Waals surface area contributed by atoms with Crippen LogP contribution >= 0.6 is 0 Å². The molecule has 1 aromatic heterocycles. The summed E-state index contributed by atoms with van der Waals surface area (Å²) in [5.74, 6) is -0.545. The monoisotopic (exact) mass is 498 g/mol. The molecule has 0 bridgehead atoms. The highest BCUT2D eigenvalue weighted by Crippen LogP contribution is 2.42. The summed E-state index contributed by atoms with van der Waals surface area (Å²) in [5, 5.41) is 7.79. The number of hydrogen-bond donors (Lipinski definition) is 1. The number of esters is 1. The van der Waals surface area contributed by atoms with Crippen LogP contribution in [0.5, 0.6) is 5.88 Å². The minimum Gasteiger partial charge on any atom is -0.407 e. The molecule has 1 N–H and O–H groups in total. The molecule has 1 amide bonds. The van der Waals surface area contributed by atoms with Gasteiger partial charge in [-0.25, -0.2) is 4.39 Å². The molecular formula is C29H27FN4O3. The molecule has 37 heavy (non-hydrogen) atoms. The molecule has 0 atom stereocenters. The van der Waals surface area contributed by atoms with Crippen molar-refractivity contribution in [3.63, 3.8) is 0 Å². The van der Waals surface area contributed by atoms with Gasteiger partial charge < -0.3 is 15.0 Å². The average Bonchev–Trinajstić information content (AvgIpc) is 3.67. The lowest BCUT2D eigenvalue weighted by atomic mass is 10.0. The first kappa shape index (κ1) is 24.2. The van der Waals surface area contributed by atoms with Crippen LogP contribution in [-0.4, -0.2) is 35.8 Å². The molecule has 5 rings (SSSR count). The number of nitrogens with one attached hydrogen (secondary N) is 1. The van der Waals surface area contributed by atoms with Gasteiger partial charge in [0.05, 0.1) is 11.3 Å². The first-order valence-corrected chi connectivity index (χ1v) is 12.1. The summed E-state index contributed by atoms with van der Waals surface area (Å²) in [6.07, 6.45) is 1.85. The molecule has 8 heteroatoms. The molecule has 0 saturated heterocycles. The number of aromatic nitrogens is 2. The molecule has 188 valence electrons. The summed E-state index contributed by atoms with van der Waals surface area (Å²) in [4.78, 5) is 26.4. The van der Waals surface area contributed by atoms with Crippen molar-refractivity contribution in [3.8, 4) is 34.0 Å². The van der Waals surface area contributed by atoms with E-state index < -0.39 is 5.97 Å². The second kappa shape index (κ2) is 9.89. The van der Waals surface area contributed by atoms with Gasteiger partial charge in [0, 0.05) is 43.9 Å². The highest BCUT2D eigenvalue weighted by atomic mass is 19.1. The van der Waals surface area contributed by atoms with Crippen molar-refractivity contribution in [1.82, 2.24) is 9.78 Å². The zero-order chi connectivity index (χ0) is 26.1. The molecular weight excluding hydrogens is 471 g/mol. The van der Waals surface area contributed by atoms with E-state index in [2.05, 4.69) is 5.32 Å². The van der Waals surface area contributed by atoms with Crippen molar-refractivity contribution in [2.75, 3.05) is 24.3 Å². The molecule has 3 aromatic carbocycles. The lowest BCUT2D eigenvalue weighted by Gasteiger charge is -2.13. The van der Waals surface area contributed by atoms with Crippen LogP contribution in [0.15, 0.2) is 72.8 Å². The van der Waals surface area contributed by atoms with Crippen LogP contribution in [0, 0.1) is 11.7 Å². The van der Waals surface area contributed by atoms with Crippen molar-refractivity contribution >= 4 is 23.3 Å². The summed E-state index contributed by atoms with van der Waals surface area (Å²) in [6, 6.07) is 21.1. The minimum atomic E-state index is -0.508.